The Hall–Kier alpha value is -12.1. The maximum atomic E-state index is 8.01. The van der Waals surface area contributed by atoms with Crippen molar-refractivity contribution < 1.29 is 31.1 Å². The van der Waals surface area contributed by atoms with E-state index in [0.29, 0.717) is 5.56 Å². The van der Waals surface area contributed by atoms with Gasteiger partial charge in [0, 0.05) is 95.2 Å². The summed E-state index contributed by atoms with van der Waals surface area (Å²) in [6, 6.07) is 102. The largest absolute Gasteiger partial charge is 0.213 e. The summed E-state index contributed by atoms with van der Waals surface area (Å²) in [6.07, 6.45) is 10.5. The highest BCUT2D eigenvalue weighted by Crippen LogP contribution is 2.33. The molecule has 10 aromatic carbocycles. The Bertz CT molecular complexity index is 5760. The third kappa shape index (κ3) is 18.5. The molecular formula is C101H102N5+5. The van der Waals surface area contributed by atoms with Crippen molar-refractivity contribution in [2.75, 3.05) is 0 Å². The minimum atomic E-state index is -2.28. The number of nitrogens with zero attached hydrogens (tertiary/aromatic N) is 5. The van der Waals surface area contributed by atoms with Crippen molar-refractivity contribution >= 4 is 0 Å². The lowest BCUT2D eigenvalue weighted by Gasteiger charge is -2.10. The van der Waals surface area contributed by atoms with Gasteiger partial charge in [-0.2, -0.15) is 0 Å². The third-order valence-corrected chi connectivity index (χ3v) is 19.6. The van der Waals surface area contributed by atoms with E-state index in [9.17, 15) is 0 Å². The monoisotopic (exact) mass is 1390 g/mol. The molecule has 15 aromatic rings. The fourth-order valence-corrected chi connectivity index (χ4v) is 13.9. The molecular weight excluding hydrogens is 1280 g/mol. The number of pyridine rings is 5. The normalized spacial score (nSPS) is 11.7. The molecule has 15 rings (SSSR count). The molecule has 0 saturated carbocycles. The first kappa shape index (κ1) is 67.1. The second kappa shape index (κ2) is 35.0. The first-order valence-electron chi connectivity index (χ1n) is 39.3. The van der Waals surface area contributed by atoms with E-state index in [-0.39, 0.29) is 11.1 Å². The maximum absolute atomic E-state index is 8.01. The van der Waals surface area contributed by atoms with Crippen molar-refractivity contribution in [1.29, 1.82) is 0 Å². The predicted octanol–water partition coefficient (Wildman–Crippen LogP) is 22.6. The number of hydrogen-bond donors (Lipinski definition) is 0. The number of rotatable bonds is 10. The van der Waals surface area contributed by atoms with Gasteiger partial charge >= 0.3 is 0 Å². The average Bonchev–Trinajstić information content (AvgIpc) is 0.772. The molecule has 5 nitrogen and oxygen atoms in total. The van der Waals surface area contributed by atoms with Crippen LogP contribution in [0.25, 0.3) is 112 Å². The molecule has 5 aromatic heterocycles. The van der Waals surface area contributed by atoms with Crippen LogP contribution < -0.4 is 22.8 Å². The first-order valence-corrected chi connectivity index (χ1v) is 36.3. The molecule has 5 heteroatoms. The quantitative estimate of drug-likeness (QED) is 0.122. The molecule has 0 unspecified atom stereocenters. The summed E-state index contributed by atoms with van der Waals surface area (Å²) in [5, 5.41) is 0. The summed E-state index contributed by atoms with van der Waals surface area (Å²) >= 11 is 0. The van der Waals surface area contributed by atoms with Crippen LogP contribution in [-0.4, -0.2) is 0 Å². The van der Waals surface area contributed by atoms with Crippen molar-refractivity contribution in [1.82, 2.24) is 0 Å². The highest BCUT2D eigenvalue weighted by atomic mass is 14.9. The van der Waals surface area contributed by atoms with Crippen molar-refractivity contribution in [3.63, 3.8) is 0 Å². The predicted molar refractivity (Wildman–Crippen MR) is 445 cm³/mol. The molecule has 0 aliphatic heterocycles. The molecule has 0 saturated heterocycles. The van der Waals surface area contributed by atoms with Gasteiger partial charge < -0.3 is 0 Å². The Kier molecular flexibility index (Phi) is 22.1. The SMILES string of the molecule is Cc1c[n+](C)c(-c2ccccc2C)cc1-c1ccccc1.Cc1ccc(-c2cc(-c3ccccc3)c(C)c[n+]2C)c(C)c1.Cc1ccc(-c2cc(-c3ccccc3)cc[n+]2C)c(C)c1.Cc1ccccc1-c1cc(-c2ccccc2)cc[n+]1C.[2H]C([2H])([2H])c1ccc(-c2cc(C([2H])([2H])[2H])c(-c3ccccc3)c[n+]2C)c(C)c1. The van der Waals surface area contributed by atoms with Crippen LogP contribution in [-0.2, 0) is 35.2 Å². The molecule has 5 heterocycles. The molecule has 0 radical (unpaired) electrons. The van der Waals surface area contributed by atoms with Gasteiger partial charge in [0.15, 0.2) is 31.0 Å². The van der Waals surface area contributed by atoms with Crippen LogP contribution in [0.3, 0.4) is 0 Å². The van der Waals surface area contributed by atoms with E-state index in [1.807, 2.05) is 55.1 Å². The van der Waals surface area contributed by atoms with Gasteiger partial charge in [-0.1, -0.05) is 241 Å². The van der Waals surface area contributed by atoms with Crippen LogP contribution in [0.5, 0.6) is 0 Å². The molecule has 0 amide bonds. The van der Waals surface area contributed by atoms with Crippen LogP contribution in [0.1, 0.15) is 69.4 Å². The Morgan fingerprint density at radius 2 is 0.491 bits per heavy atom. The summed E-state index contributed by atoms with van der Waals surface area (Å²) < 4.78 is 57.5. The van der Waals surface area contributed by atoms with Crippen molar-refractivity contribution in [3.8, 4) is 112 Å². The average molecular weight is 1390 g/mol. The molecule has 106 heavy (non-hydrogen) atoms. The lowest BCUT2D eigenvalue weighted by molar-refractivity contribution is -0.660. The second-order valence-corrected chi connectivity index (χ2v) is 27.8. The summed E-state index contributed by atoms with van der Waals surface area (Å²) in [4.78, 5) is 0. The highest BCUT2D eigenvalue weighted by molar-refractivity contribution is 5.76. The molecule has 0 atom stereocenters. The van der Waals surface area contributed by atoms with E-state index in [2.05, 4.69) is 369 Å². The van der Waals surface area contributed by atoms with Crippen molar-refractivity contribution in [2.45, 2.75) is 76.0 Å². The Morgan fingerprint density at radius 3 is 0.849 bits per heavy atom. The standard InChI is InChI=1S/2C21H22N.2C20H20N.C19H18N/c1-15-10-11-19(16(2)12-15)21-13-20(17(3)14-22(21)4)18-8-6-5-7-9-18;1-15-10-11-19(16(2)12-15)21-13-17(3)20(14-22(21)4)18-8-6-5-7-9-18;1-15-9-7-8-12-18(15)20-13-19(16(2)14-21(20)3)17-10-5-4-6-11-17;1-15-9-10-19(16(2)13-15)20-14-18(11-12-21(20)3)17-7-5-4-6-8-17;1-15-8-6-7-11-18(15)19-14-17(12-13-20(19)2)16-9-4-3-5-10-16/h2*5-14H,1-4H3;2*4-14H,1-3H3;3-14H,1-2H3/q5*+1/i;1D3,3D3;;;. The lowest BCUT2D eigenvalue weighted by Crippen LogP contribution is -2.31. The van der Waals surface area contributed by atoms with E-state index < -0.39 is 13.7 Å². The smallest absolute Gasteiger partial charge is 0.201 e. The Labute approximate surface area is 640 Å². The van der Waals surface area contributed by atoms with Crippen LogP contribution >= 0.6 is 0 Å². The van der Waals surface area contributed by atoms with Crippen LogP contribution in [0, 0.1) is 76.0 Å². The van der Waals surface area contributed by atoms with Gasteiger partial charge in [0.25, 0.3) is 0 Å². The van der Waals surface area contributed by atoms with E-state index in [1.165, 1.54) is 134 Å². The van der Waals surface area contributed by atoms with E-state index in [4.69, 9.17) is 8.22 Å². The third-order valence-electron chi connectivity index (χ3n) is 19.6. The van der Waals surface area contributed by atoms with Gasteiger partial charge in [-0.3, -0.25) is 0 Å². The Balaban J connectivity index is 0.000000139. The van der Waals surface area contributed by atoms with E-state index in [0.717, 1.165) is 22.4 Å². The molecule has 0 fully saturated rings. The summed E-state index contributed by atoms with van der Waals surface area (Å²) in [6.45, 7) is 14.7. The van der Waals surface area contributed by atoms with Gasteiger partial charge in [0.1, 0.15) is 35.2 Å². The van der Waals surface area contributed by atoms with Gasteiger partial charge in [0.05, 0.1) is 0 Å². The second-order valence-electron chi connectivity index (χ2n) is 27.8. The topological polar surface area (TPSA) is 19.4 Å². The number of benzene rings is 10. The van der Waals surface area contributed by atoms with Crippen LogP contribution in [0.15, 0.2) is 328 Å². The molecule has 0 aliphatic carbocycles. The fourth-order valence-electron chi connectivity index (χ4n) is 13.9. The van der Waals surface area contributed by atoms with E-state index in [1.54, 1.807) is 24.3 Å². The number of aromatic nitrogens is 5. The van der Waals surface area contributed by atoms with Crippen molar-refractivity contribution in [3.05, 3.63) is 389 Å². The van der Waals surface area contributed by atoms with Gasteiger partial charge in [-0.25, -0.2) is 22.8 Å². The minimum Gasteiger partial charge on any atom is -0.201 e. The fraction of sp³-hybridized carbons (Fsp3) is 0.158. The minimum absolute atomic E-state index is 0.270. The summed E-state index contributed by atoms with van der Waals surface area (Å²) in [7, 11) is 10.3. The Morgan fingerprint density at radius 1 is 0.189 bits per heavy atom. The van der Waals surface area contributed by atoms with Crippen LogP contribution in [0.2, 0.25) is 0 Å². The van der Waals surface area contributed by atoms with E-state index >= 15 is 0 Å². The molecule has 0 spiro atoms. The molecule has 526 valence electrons. The van der Waals surface area contributed by atoms with Gasteiger partial charge in [-0.05, 0) is 190 Å². The highest BCUT2D eigenvalue weighted by Gasteiger charge is 2.21. The van der Waals surface area contributed by atoms with Gasteiger partial charge in [0.2, 0.25) is 28.5 Å². The first-order chi connectivity index (χ1) is 53.6. The molecule has 0 N–H and O–H groups in total. The van der Waals surface area contributed by atoms with Gasteiger partial charge in [-0.15, -0.1) is 0 Å². The number of hydrogen-bond acceptors (Lipinski definition) is 0. The van der Waals surface area contributed by atoms with Crippen LogP contribution in [0.4, 0.5) is 0 Å². The molecule has 0 bridgehead atoms. The summed E-state index contributed by atoms with van der Waals surface area (Å²) in [5.41, 5.74) is 35.1. The maximum Gasteiger partial charge on any atom is 0.213 e. The zero-order chi connectivity index (χ0) is 80.0. The van der Waals surface area contributed by atoms with Crippen molar-refractivity contribution in [2.24, 2.45) is 35.2 Å². The zero-order valence-electron chi connectivity index (χ0n) is 69.9. The lowest BCUT2D eigenvalue weighted by atomic mass is 9.97. The molecule has 0 aliphatic rings. The zero-order valence-corrected chi connectivity index (χ0v) is 63.9. The summed E-state index contributed by atoms with van der Waals surface area (Å²) in [5.74, 6) is 0. The number of aryl methyl sites for hydroxylation is 16.